The second kappa shape index (κ2) is 6.29. The summed E-state index contributed by atoms with van der Waals surface area (Å²) < 4.78 is 0. The number of hydrogen-bond donors (Lipinski definition) is 0. The Labute approximate surface area is 126 Å². The van der Waals surface area contributed by atoms with Crippen LogP contribution in [0.25, 0.3) is 0 Å². The molecule has 0 aromatic heterocycles. The third kappa shape index (κ3) is 3.26. The maximum absolute atomic E-state index is 12.8. The van der Waals surface area contributed by atoms with Gasteiger partial charge in [0.1, 0.15) is 6.04 Å². The lowest BCUT2D eigenvalue weighted by Crippen LogP contribution is -2.48. The molecule has 0 aliphatic carbocycles. The zero-order valence-corrected chi connectivity index (χ0v) is 13.3. The van der Waals surface area contributed by atoms with Crippen LogP contribution in [0, 0.1) is 13.8 Å². The lowest BCUT2D eigenvalue weighted by Gasteiger charge is -2.30. The van der Waals surface area contributed by atoms with Crippen LogP contribution in [0.5, 0.6) is 0 Å². The zero-order chi connectivity index (χ0) is 15.6. The topological polar surface area (TPSA) is 40.6 Å². The number of rotatable bonds is 4. The number of benzene rings is 1. The van der Waals surface area contributed by atoms with Crippen molar-refractivity contribution >= 4 is 17.5 Å². The van der Waals surface area contributed by atoms with Gasteiger partial charge in [0, 0.05) is 25.7 Å². The van der Waals surface area contributed by atoms with Crippen molar-refractivity contribution in [2.24, 2.45) is 0 Å². The number of aryl methyl sites for hydroxylation is 2. The SMILES string of the molecule is CCC(C(=O)N(C)c1cc(C)cc(C)c1)N1CCCC1=O. The van der Waals surface area contributed by atoms with Gasteiger partial charge in [0.25, 0.3) is 0 Å². The Morgan fingerprint density at radius 3 is 2.38 bits per heavy atom. The first-order valence-corrected chi connectivity index (χ1v) is 7.59. The molecule has 1 aromatic carbocycles. The minimum Gasteiger partial charge on any atom is -0.331 e. The highest BCUT2D eigenvalue weighted by Crippen LogP contribution is 2.22. The fourth-order valence-electron chi connectivity index (χ4n) is 3.02. The molecule has 1 unspecified atom stereocenters. The van der Waals surface area contributed by atoms with Gasteiger partial charge >= 0.3 is 0 Å². The third-order valence-electron chi connectivity index (χ3n) is 4.08. The Morgan fingerprint density at radius 1 is 1.29 bits per heavy atom. The van der Waals surface area contributed by atoms with Crippen molar-refractivity contribution in [2.45, 2.75) is 46.1 Å². The maximum Gasteiger partial charge on any atom is 0.249 e. The van der Waals surface area contributed by atoms with E-state index in [2.05, 4.69) is 6.07 Å². The van der Waals surface area contributed by atoms with Gasteiger partial charge in [-0.3, -0.25) is 9.59 Å². The van der Waals surface area contributed by atoms with Gasteiger partial charge in [0.15, 0.2) is 0 Å². The fraction of sp³-hybridized carbons (Fsp3) is 0.529. The number of carbonyl (C=O) groups is 2. The van der Waals surface area contributed by atoms with Crippen LogP contribution in [0.1, 0.15) is 37.3 Å². The first kappa shape index (κ1) is 15.5. The van der Waals surface area contributed by atoms with Crippen molar-refractivity contribution in [1.82, 2.24) is 4.90 Å². The highest BCUT2D eigenvalue weighted by Gasteiger charge is 2.33. The fourth-order valence-corrected chi connectivity index (χ4v) is 3.02. The van der Waals surface area contributed by atoms with E-state index < -0.39 is 0 Å². The van der Waals surface area contributed by atoms with E-state index in [9.17, 15) is 9.59 Å². The number of hydrogen-bond acceptors (Lipinski definition) is 2. The molecule has 1 fully saturated rings. The molecule has 21 heavy (non-hydrogen) atoms. The Balaban J connectivity index is 2.22. The first-order valence-electron chi connectivity index (χ1n) is 7.59. The number of anilines is 1. The third-order valence-corrected chi connectivity index (χ3v) is 4.08. The highest BCUT2D eigenvalue weighted by atomic mass is 16.2. The zero-order valence-electron chi connectivity index (χ0n) is 13.3. The van der Waals surface area contributed by atoms with E-state index in [0.717, 1.165) is 23.2 Å². The van der Waals surface area contributed by atoms with Crippen molar-refractivity contribution < 1.29 is 9.59 Å². The van der Waals surface area contributed by atoms with Gasteiger partial charge in [0.2, 0.25) is 11.8 Å². The molecule has 0 spiro atoms. The van der Waals surface area contributed by atoms with Crippen molar-refractivity contribution in [1.29, 1.82) is 0 Å². The Bertz CT molecular complexity index is 533. The molecule has 2 rings (SSSR count). The van der Waals surface area contributed by atoms with E-state index in [4.69, 9.17) is 0 Å². The number of nitrogens with zero attached hydrogens (tertiary/aromatic N) is 2. The summed E-state index contributed by atoms with van der Waals surface area (Å²) in [6.45, 7) is 6.71. The summed E-state index contributed by atoms with van der Waals surface area (Å²) in [5, 5.41) is 0. The Kier molecular flexibility index (Phi) is 4.66. The summed E-state index contributed by atoms with van der Waals surface area (Å²) in [7, 11) is 1.79. The van der Waals surface area contributed by atoms with Crippen molar-refractivity contribution in [3.8, 4) is 0 Å². The van der Waals surface area contributed by atoms with Crippen LogP contribution < -0.4 is 4.90 Å². The summed E-state index contributed by atoms with van der Waals surface area (Å²) in [5.41, 5.74) is 3.16. The molecule has 114 valence electrons. The Hall–Kier alpha value is -1.84. The van der Waals surface area contributed by atoms with Crippen molar-refractivity contribution in [3.63, 3.8) is 0 Å². The van der Waals surface area contributed by atoms with E-state index in [1.165, 1.54) is 0 Å². The number of likely N-dealkylation sites (tertiary alicyclic amines) is 1. The molecule has 1 atom stereocenters. The van der Waals surface area contributed by atoms with Crippen molar-refractivity contribution in [2.75, 3.05) is 18.5 Å². The molecular weight excluding hydrogens is 264 g/mol. The highest BCUT2D eigenvalue weighted by molar-refractivity contribution is 5.99. The molecular formula is C17H24N2O2. The van der Waals surface area contributed by atoms with Crippen LogP contribution >= 0.6 is 0 Å². The first-order chi connectivity index (χ1) is 9.93. The summed E-state index contributed by atoms with van der Waals surface area (Å²) in [4.78, 5) is 28.1. The van der Waals surface area contributed by atoms with E-state index in [1.54, 1.807) is 16.8 Å². The predicted molar refractivity (Wildman–Crippen MR) is 84.4 cm³/mol. The van der Waals surface area contributed by atoms with E-state index in [1.807, 2.05) is 32.9 Å². The monoisotopic (exact) mass is 288 g/mol. The number of likely N-dealkylation sites (N-methyl/N-ethyl adjacent to an activating group) is 1. The molecule has 0 bridgehead atoms. The van der Waals surface area contributed by atoms with Gasteiger partial charge in [-0.2, -0.15) is 0 Å². The smallest absolute Gasteiger partial charge is 0.249 e. The summed E-state index contributed by atoms with van der Waals surface area (Å²) in [6.07, 6.45) is 2.08. The van der Waals surface area contributed by atoms with Gasteiger partial charge < -0.3 is 9.80 Å². The lowest BCUT2D eigenvalue weighted by molar-refractivity contribution is -0.136. The van der Waals surface area contributed by atoms with Crippen LogP contribution in [0.3, 0.4) is 0 Å². The molecule has 1 aromatic rings. The molecule has 1 heterocycles. The standard InChI is InChI=1S/C17H24N2O2/c1-5-15(19-8-6-7-16(19)20)17(21)18(4)14-10-12(2)9-13(3)11-14/h9-11,15H,5-8H2,1-4H3. The Morgan fingerprint density at radius 2 is 1.90 bits per heavy atom. The number of carbonyl (C=O) groups excluding carboxylic acids is 2. The normalized spacial score (nSPS) is 16.2. The van der Waals surface area contributed by atoms with Crippen LogP contribution in [-0.2, 0) is 9.59 Å². The minimum atomic E-state index is -0.342. The van der Waals surface area contributed by atoms with E-state index >= 15 is 0 Å². The van der Waals surface area contributed by atoms with Gasteiger partial charge in [-0.15, -0.1) is 0 Å². The molecule has 4 heteroatoms. The second-order valence-electron chi connectivity index (χ2n) is 5.86. The average molecular weight is 288 g/mol. The van der Waals surface area contributed by atoms with Crippen LogP contribution in [0.4, 0.5) is 5.69 Å². The lowest BCUT2D eigenvalue weighted by atomic mass is 10.1. The predicted octanol–water partition coefficient (Wildman–Crippen LogP) is 2.67. The van der Waals surface area contributed by atoms with Gasteiger partial charge in [0.05, 0.1) is 0 Å². The van der Waals surface area contributed by atoms with E-state index in [0.29, 0.717) is 19.4 Å². The number of amides is 2. The van der Waals surface area contributed by atoms with Gasteiger partial charge in [-0.25, -0.2) is 0 Å². The van der Waals surface area contributed by atoms with Crippen LogP contribution in [-0.4, -0.2) is 36.3 Å². The molecule has 0 radical (unpaired) electrons. The summed E-state index contributed by atoms with van der Waals surface area (Å²) >= 11 is 0. The summed E-state index contributed by atoms with van der Waals surface area (Å²) in [5.74, 6) is 0.0989. The summed E-state index contributed by atoms with van der Waals surface area (Å²) in [6, 6.07) is 5.75. The molecule has 0 N–H and O–H groups in total. The van der Waals surface area contributed by atoms with E-state index in [-0.39, 0.29) is 17.9 Å². The quantitative estimate of drug-likeness (QED) is 0.854. The molecule has 4 nitrogen and oxygen atoms in total. The van der Waals surface area contributed by atoms with Gasteiger partial charge in [-0.1, -0.05) is 13.0 Å². The molecule has 0 saturated carbocycles. The molecule has 1 saturated heterocycles. The molecule has 1 aliphatic rings. The maximum atomic E-state index is 12.8. The molecule has 2 amide bonds. The minimum absolute atomic E-state index is 0.00208. The van der Waals surface area contributed by atoms with Gasteiger partial charge in [-0.05, 0) is 49.9 Å². The van der Waals surface area contributed by atoms with Crippen LogP contribution in [0.2, 0.25) is 0 Å². The second-order valence-corrected chi connectivity index (χ2v) is 5.86. The van der Waals surface area contributed by atoms with Crippen molar-refractivity contribution in [3.05, 3.63) is 29.3 Å². The molecule has 1 aliphatic heterocycles. The van der Waals surface area contributed by atoms with Crippen LogP contribution in [0.15, 0.2) is 18.2 Å². The average Bonchev–Trinajstić information content (AvgIpc) is 2.84. The largest absolute Gasteiger partial charge is 0.331 e.